The van der Waals surface area contributed by atoms with Crippen LogP contribution in [0.1, 0.15) is 34.1 Å². The van der Waals surface area contributed by atoms with E-state index in [2.05, 4.69) is 25.9 Å². The van der Waals surface area contributed by atoms with E-state index in [-0.39, 0.29) is 23.1 Å². The van der Waals surface area contributed by atoms with Crippen molar-refractivity contribution in [2.24, 2.45) is 0 Å². The van der Waals surface area contributed by atoms with Gasteiger partial charge in [0, 0.05) is 30.0 Å². The number of carbonyl (C=O) groups is 1. The smallest absolute Gasteiger partial charge is 0.407 e. The number of benzene rings is 2. The summed E-state index contributed by atoms with van der Waals surface area (Å²) in [5, 5.41) is 16.1. The van der Waals surface area contributed by atoms with Crippen LogP contribution in [0.3, 0.4) is 0 Å². The number of anilines is 4. The molecule has 1 atom stereocenters. The maximum Gasteiger partial charge on any atom is 0.407 e. The van der Waals surface area contributed by atoms with E-state index < -0.39 is 32.6 Å². The van der Waals surface area contributed by atoms with Gasteiger partial charge in [0.15, 0.2) is 0 Å². The molecule has 196 valence electrons. The van der Waals surface area contributed by atoms with Gasteiger partial charge in [-0.3, -0.25) is 5.41 Å². The number of rotatable bonds is 8. The molecule has 0 saturated heterocycles. The molecule has 0 unspecified atom stereocenters. The molecule has 0 fully saturated rings. The molecular formula is C25H29FN6O4S. The summed E-state index contributed by atoms with van der Waals surface area (Å²) in [5.41, 5.74) is 0.494. The minimum absolute atomic E-state index is 0.0554. The fraction of sp³-hybridized carbons (Fsp3) is 0.280. The van der Waals surface area contributed by atoms with Crippen molar-refractivity contribution in [3.8, 4) is 0 Å². The van der Waals surface area contributed by atoms with Crippen molar-refractivity contribution in [2.75, 3.05) is 10.6 Å². The lowest BCUT2D eigenvalue weighted by atomic mass is 10.2. The zero-order valence-electron chi connectivity index (χ0n) is 20.9. The summed E-state index contributed by atoms with van der Waals surface area (Å²) in [7, 11) is -4.04. The maximum absolute atomic E-state index is 13.1. The summed E-state index contributed by atoms with van der Waals surface area (Å²) < 4.78 is 43.9. The Balaban J connectivity index is 1.61. The number of ether oxygens (including phenoxy) is 1. The summed E-state index contributed by atoms with van der Waals surface area (Å²) in [6.45, 7) is 6.75. The van der Waals surface area contributed by atoms with Gasteiger partial charge in [-0.2, -0.15) is 4.98 Å². The van der Waals surface area contributed by atoms with Gasteiger partial charge < -0.3 is 20.7 Å². The lowest BCUT2D eigenvalue weighted by molar-refractivity contribution is 0.0510. The highest BCUT2D eigenvalue weighted by molar-refractivity contribution is 8.06. The van der Waals surface area contributed by atoms with E-state index in [1.165, 1.54) is 42.6 Å². The van der Waals surface area contributed by atoms with Crippen molar-refractivity contribution in [1.29, 1.82) is 5.41 Å². The molecule has 0 bridgehead atoms. The van der Waals surface area contributed by atoms with Gasteiger partial charge in [0.1, 0.15) is 22.3 Å². The predicted molar refractivity (Wildman–Crippen MR) is 140 cm³/mol. The molecule has 10 nitrogen and oxygen atoms in total. The largest absolute Gasteiger partial charge is 0.444 e. The maximum atomic E-state index is 13.1. The van der Waals surface area contributed by atoms with E-state index in [1.54, 1.807) is 45.9 Å². The van der Waals surface area contributed by atoms with Crippen molar-refractivity contribution >= 4 is 44.1 Å². The zero-order chi connectivity index (χ0) is 27.2. The minimum Gasteiger partial charge on any atom is -0.444 e. The highest BCUT2D eigenvalue weighted by atomic mass is 32.2. The number of hydrogen-bond acceptors (Lipinski definition) is 9. The Bertz CT molecular complexity index is 1360. The molecule has 37 heavy (non-hydrogen) atoms. The lowest BCUT2D eigenvalue weighted by Crippen LogP contribution is -2.39. The minimum atomic E-state index is -4.04. The number of sulfone groups is 1. The molecule has 12 heteroatoms. The van der Waals surface area contributed by atoms with Gasteiger partial charge in [-0.25, -0.2) is 22.6 Å². The summed E-state index contributed by atoms with van der Waals surface area (Å²) in [4.78, 5) is 20.3. The van der Waals surface area contributed by atoms with E-state index >= 15 is 0 Å². The third-order valence-corrected chi connectivity index (χ3v) is 6.48. The highest BCUT2D eigenvalue weighted by Gasteiger charge is 2.24. The number of alkyl carbamates (subject to hydrolysis) is 1. The Labute approximate surface area is 215 Å². The van der Waals surface area contributed by atoms with Crippen molar-refractivity contribution in [3.05, 3.63) is 66.6 Å². The fourth-order valence-electron chi connectivity index (χ4n) is 3.11. The number of hydrogen-bond donors (Lipinski definition) is 4. The van der Waals surface area contributed by atoms with Crippen molar-refractivity contribution in [2.45, 2.75) is 50.7 Å². The highest BCUT2D eigenvalue weighted by Crippen LogP contribution is 2.21. The van der Waals surface area contributed by atoms with Gasteiger partial charge in [-0.05, 0) is 82.3 Å². The Morgan fingerprint density at radius 1 is 1.03 bits per heavy atom. The molecule has 0 aliphatic heterocycles. The molecule has 0 saturated carbocycles. The van der Waals surface area contributed by atoms with Crippen molar-refractivity contribution < 1.29 is 22.3 Å². The van der Waals surface area contributed by atoms with E-state index in [0.717, 1.165) is 0 Å². The van der Waals surface area contributed by atoms with E-state index in [1.807, 2.05) is 0 Å². The first-order valence-corrected chi connectivity index (χ1v) is 12.8. The van der Waals surface area contributed by atoms with E-state index in [4.69, 9.17) is 10.1 Å². The molecular weight excluding hydrogens is 499 g/mol. The first-order chi connectivity index (χ1) is 17.3. The second-order valence-electron chi connectivity index (χ2n) is 9.22. The third kappa shape index (κ3) is 8.24. The summed E-state index contributed by atoms with van der Waals surface area (Å²) in [5.74, 6) is 0.395. The monoisotopic (exact) mass is 528 g/mol. The van der Waals surface area contributed by atoms with Gasteiger partial charge in [-0.15, -0.1) is 0 Å². The van der Waals surface area contributed by atoms with Crippen LogP contribution in [-0.2, 0) is 14.6 Å². The first kappa shape index (κ1) is 27.5. The van der Waals surface area contributed by atoms with Crippen molar-refractivity contribution in [3.63, 3.8) is 0 Å². The fourth-order valence-corrected chi connectivity index (χ4v) is 4.35. The van der Waals surface area contributed by atoms with Crippen LogP contribution in [0.15, 0.2) is 65.7 Å². The molecule has 2 aromatic carbocycles. The molecule has 3 aromatic rings. The summed E-state index contributed by atoms with van der Waals surface area (Å²) in [6, 6.07) is 12.7. The Hall–Kier alpha value is -4.06. The van der Waals surface area contributed by atoms with E-state index in [0.29, 0.717) is 17.2 Å². The standard InChI is InChI=1S/C25H29FN6O4S/c1-16(29-24(33)36-25(2,3)4)15-21(27)37(34,35)20-11-9-19(10-12-20)31-23-28-14-13-22(32-23)30-18-7-5-17(26)6-8-18/h5-14,16,27H,15H2,1-4H3,(H,29,33)(H2,28,30,31,32)/t16-/m1/s1. The molecule has 1 amide bonds. The predicted octanol–water partition coefficient (Wildman–Crippen LogP) is 5.16. The molecule has 0 aliphatic rings. The van der Waals surface area contributed by atoms with Gasteiger partial charge in [-0.1, -0.05) is 0 Å². The van der Waals surface area contributed by atoms with Gasteiger partial charge in [0.2, 0.25) is 15.8 Å². The molecule has 1 heterocycles. The van der Waals surface area contributed by atoms with Crippen LogP contribution in [0.5, 0.6) is 0 Å². The normalized spacial score (nSPS) is 12.4. The number of amides is 1. The number of aromatic nitrogens is 2. The summed E-state index contributed by atoms with van der Waals surface area (Å²) in [6.07, 6.45) is 0.664. The molecule has 0 radical (unpaired) electrons. The second kappa shape index (κ2) is 11.3. The lowest BCUT2D eigenvalue weighted by Gasteiger charge is -2.22. The first-order valence-electron chi connectivity index (χ1n) is 11.4. The Morgan fingerprint density at radius 2 is 1.62 bits per heavy atom. The third-order valence-electron chi connectivity index (χ3n) is 4.77. The SMILES string of the molecule is C[C@H](CC(=N)S(=O)(=O)c1ccc(Nc2nccc(Nc3ccc(F)cc3)n2)cc1)NC(=O)OC(C)(C)C. The molecule has 4 N–H and O–H groups in total. The second-order valence-corrected chi connectivity index (χ2v) is 11.2. The van der Waals surface area contributed by atoms with Crippen LogP contribution >= 0.6 is 0 Å². The number of halogens is 1. The zero-order valence-corrected chi connectivity index (χ0v) is 21.7. The van der Waals surface area contributed by atoms with Crippen LogP contribution in [0, 0.1) is 11.2 Å². The molecule has 3 rings (SSSR count). The number of carbonyl (C=O) groups excluding carboxylic acids is 1. The average Bonchev–Trinajstić information content (AvgIpc) is 2.80. The van der Waals surface area contributed by atoms with Crippen molar-refractivity contribution in [1.82, 2.24) is 15.3 Å². The molecule has 1 aromatic heterocycles. The van der Waals surface area contributed by atoms with Crippen LogP contribution in [-0.4, -0.2) is 41.2 Å². The molecule has 0 spiro atoms. The van der Waals surface area contributed by atoms with Gasteiger partial charge in [0.25, 0.3) is 0 Å². The van der Waals surface area contributed by atoms with E-state index in [9.17, 15) is 17.6 Å². The van der Waals surface area contributed by atoms with Crippen LogP contribution in [0.2, 0.25) is 0 Å². The molecule has 0 aliphatic carbocycles. The Kier molecular flexibility index (Phi) is 8.43. The van der Waals surface area contributed by atoms with Gasteiger partial charge >= 0.3 is 6.09 Å². The average molecular weight is 529 g/mol. The quantitative estimate of drug-likeness (QED) is 0.232. The topological polar surface area (TPSA) is 146 Å². The Morgan fingerprint density at radius 3 is 2.24 bits per heavy atom. The number of nitrogens with zero attached hydrogens (tertiary/aromatic N) is 2. The van der Waals surface area contributed by atoms with Crippen LogP contribution in [0.4, 0.5) is 32.3 Å². The van der Waals surface area contributed by atoms with Gasteiger partial charge in [0.05, 0.1) is 4.90 Å². The number of nitrogens with one attached hydrogen (secondary N) is 4. The van der Waals surface area contributed by atoms with Crippen LogP contribution in [0.25, 0.3) is 0 Å². The summed E-state index contributed by atoms with van der Waals surface area (Å²) >= 11 is 0. The van der Waals surface area contributed by atoms with Crippen LogP contribution < -0.4 is 16.0 Å².